The van der Waals surface area contributed by atoms with Gasteiger partial charge in [-0.25, -0.2) is 13.5 Å². The summed E-state index contributed by atoms with van der Waals surface area (Å²) in [6, 6.07) is 9.17. The Morgan fingerprint density at radius 3 is 2.50 bits per heavy atom. The minimum atomic E-state index is -0.720. The number of halogens is 2. The van der Waals surface area contributed by atoms with Crippen LogP contribution in [0, 0.1) is 25.5 Å². The SMILES string of the molecule is Cc1nn(-c2ccc(F)cc2F)c(C)c1C(=O)N1CCN(Cc2ccccn2)CC1. The number of carbonyl (C=O) groups is 1. The minimum absolute atomic E-state index is 0.115. The van der Waals surface area contributed by atoms with Crippen molar-refractivity contribution in [1.29, 1.82) is 0 Å². The van der Waals surface area contributed by atoms with Gasteiger partial charge in [-0.2, -0.15) is 5.10 Å². The standard InChI is InChI=1S/C22H23F2N5O/c1-15-21(16(2)29(26-15)20-7-6-17(23)13-19(20)24)22(30)28-11-9-27(10-12-28)14-18-5-3-4-8-25-18/h3-8,13H,9-12,14H2,1-2H3. The Morgan fingerprint density at radius 2 is 1.83 bits per heavy atom. The van der Waals surface area contributed by atoms with E-state index in [1.807, 2.05) is 18.2 Å². The van der Waals surface area contributed by atoms with E-state index in [4.69, 9.17) is 0 Å². The lowest BCUT2D eigenvalue weighted by Gasteiger charge is -2.34. The van der Waals surface area contributed by atoms with Crippen LogP contribution in [0.4, 0.5) is 8.78 Å². The Hall–Kier alpha value is -3.13. The zero-order valence-electron chi connectivity index (χ0n) is 17.0. The monoisotopic (exact) mass is 411 g/mol. The fourth-order valence-corrected chi connectivity index (χ4v) is 3.83. The van der Waals surface area contributed by atoms with Gasteiger partial charge < -0.3 is 4.90 Å². The number of hydrogen-bond donors (Lipinski definition) is 0. The van der Waals surface area contributed by atoms with E-state index in [0.717, 1.165) is 31.4 Å². The van der Waals surface area contributed by atoms with Crippen molar-refractivity contribution < 1.29 is 13.6 Å². The summed E-state index contributed by atoms with van der Waals surface area (Å²) in [6.07, 6.45) is 1.78. The van der Waals surface area contributed by atoms with E-state index in [2.05, 4.69) is 15.0 Å². The molecule has 0 atom stereocenters. The van der Waals surface area contributed by atoms with Gasteiger partial charge in [0.2, 0.25) is 0 Å². The second-order valence-electron chi connectivity index (χ2n) is 7.44. The molecule has 0 N–H and O–H groups in total. The van der Waals surface area contributed by atoms with Crippen molar-refractivity contribution in [3.05, 3.63) is 76.9 Å². The molecule has 0 bridgehead atoms. The number of amides is 1. The fourth-order valence-electron chi connectivity index (χ4n) is 3.83. The van der Waals surface area contributed by atoms with Gasteiger partial charge in [-0.15, -0.1) is 0 Å². The maximum absolute atomic E-state index is 14.2. The first-order valence-electron chi connectivity index (χ1n) is 9.87. The maximum atomic E-state index is 14.2. The van der Waals surface area contributed by atoms with Gasteiger partial charge >= 0.3 is 0 Å². The number of aryl methyl sites for hydroxylation is 1. The molecule has 6 nitrogen and oxygen atoms in total. The first-order valence-corrected chi connectivity index (χ1v) is 9.87. The molecule has 0 aliphatic carbocycles. The Balaban J connectivity index is 1.48. The highest BCUT2D eigenvalue weighted by molar-refractivity contribution is 5.96. The van der Waals surface area contributed by atoms with E-state index in [1.54, 1.807) is 24.9 Å². The van der Waals surface area contributed by atoms with Crippen molar-refractivity contribution in [2.24, 2.45) is 0 Å². The summed E-state index contributed by atoms with van der Waals surface area (Å²) in [5.74, 6) is -1.49. The van der Waals surface area contributed by atoms with Crippen molar-refractivity contribution in [3.8, 4) is 5.69 Å². The van der Waals surface area contributed by atoms with E-state index in [-0.39, 0.29) is 11.6 Å². The van der Waals surface area contributed by atoms with E-state index >= 15 is 0 Å². The third-order valence-corrected chi connectivity index (χ3v) is 5.41. The average molecular weight is 411 g/mol. The van der Waals surface area contributed by atoms with Crippen molar-refractivity contribution in [2.45, 2.75) is 20.4 Å². The molecular formula is C22H23F2N5O. The number of nitrogens with zero attached hydrogens (tertiary/aromatic N) is 5. The summed E-state index contributed by atoms with van der Waals surface area (Å²) in [7, 11) is 0. The highest BCUT2D eigenvalue weighted by Gasteiger charge is 2.27. The number of hydrogen-bond acceptors (Lipinski definition) is 4. The van der Waals surface area contributed by atoms with Gasteiger partial charge in [-0.1, -0.05) is 6.07 Å². The molecule has 2 aromatic heterocycles. The van der Waals surface area contributed by atoms with Gasteiger partial charge in [-0.3, -0.25) is 14.7 Å². The number of carbonyl (C=O) groups excluding carboxylic acids is 1. The van der Waals surface area contributed by atoms with Crippen LogP contribution in [0.2, 0.25) is 0 Å². The first kappa shape index (κ1) is 20.2. The molecule has 4 rings (SSSR count). The Kier molecular flexibility index (Phi) is 5.59. The molecule has 0 radical (unpaired) electrons. The Bertz CT molecular complexity index is 1060. The molecule has 1 amide bonds. The van der Waals surface area contributed by atoms with Gasteiger partial charge in [0.05, 0.1) is 22.6 Å². The van der Waals surface area contributed by atoms with Gasteiger partial charge in [0.25, 0.3) is 5.91 Å². The molecule has 1 aromatic carbocycles. The lowest BCUT2D eigenvalue weighted by molar-refractivity contribution is 0.0625. The molecule has 0 spiro atoms. The molecular weight excluding hydrogens is 388 g/mol. The molecule has 156 valence electrons. The third-order valence-electron chi connectivity index (χ3n) is 5.41. The normalized spacial score (nSPS) is 14.9. The summed E-state index contributed by atoms with van der Waals surface area (Å²) >= 11 is 0. The minimum Gasteiger partial charge on any atom is -0.336 e. The van der Waals surface area contributed by atoms with Crippen molar-refractivity contribution in [2.75, 3.05) is 26.2 Å². The van der Waals surface area contributed by atoms with Crippen LogP contribution in [0.5, 0.6) is 0 Å². The van der Waals surface area contributed by atoms with Crippen LogP contribution in [-0.2, 0) is 6.54 Å². The smallest absolute Gasteiger partial charge is 0.257 e. The number of benzene rings is 1. The van der Waals surface area contributed by atoms with E-state index in [1.165, 1.54) is 16.8 Å². The van der Waals surface area contributed by atoms with Gasteiger partial charge in [-0.05, 0) is 38.1 Å². The molecule has 30 heavy (non-hydrogen) atoms. The number of rotatable bonds is 4. The largest absolute Gasteiger partial charge is 0.336 e. The Morgan fingerprint density at radius 1 is 1.07 bits per heavy atom. The second kappa shape index (κ2) is 8.31. The molecule has 1 aliphatic heterocycles. The molecule has 8 heteroatoms. The molecule has 1 saturated heterocycles. The molecule has 1 aliphatic rings. The number of piperazine rings is 1. The average Bonchev–Trinajstić information content (AvgIpc) is 3.02. The highest BCUT2D eigenvalue weighted by atomic mass is 19.1. The maximum Gasteiger partial charge on any atom is 0.257 e. The van der Waals surface area contributed by atoms with Crippen LogP contribution in [0.25, 0.3) is 5.69 Å². The zero-order chi connectivity index (χ0) is 21.3. The predicted octanol–water partition coefficient (Wildman–Crippen LogP) is 3.12. The van der Waals surface area contributed by atoms with E-state index < -0.39 is 11.6 Å². The molecule has 3 aromatic rings. The van der Waals surface area contributed by atoms with Crippen LogP contribution in [0.15, 0.2) is 42.6 Å². The lowest BCUT2D eigenvalue weighted by atomic mass is 10.1. The quantitative estimate of drug-likeness (QED) is 0.662. The summed E-state index contributed by atoms with van der Waals surface area (Å²) < 4.78 is 28.8. The Labute approximate surface area is 173 Å². The fraction of sp³-hybridized carbons (Fsp3) is 0.318. The number of pyridine rings is 1. The third kappa shape index (κ3) is 3.95. The molecule has 0 unspecified atom stereocenters. The van der Waals surface area contributed by atoms with Crippen LogP contribution >= 0.6 is 0 Å². The van der Waals surface area contributed by atoms with Crippen molar-refractivity contribution in [1.82, 2.24) is 24.6 Å². The highest BCUT2D eigenvalue weighted by Crippen LogP contribution is 2.22. The van der Waals surface area contributed by atoms with Crippen LogP contribution in [-0.4, -0.2) is 56.7 Å². The van der Waals surface area contributed by atoms with Gasteiger partial charge in [0.15, 0.2) is 5.82 Å². The van der Waals surface area contributed by atoms with Gasteiger partial charge in [0.1, 0.15) is 11.5 Å². The summed E-state index contributed by atoms with van der Waals surface area (Å²) in [5, 5.41) is 4.35. The topological polar surface area (TPSA) is 54.3 Å². The van der Waals surface area contributed by atoms with E-state index in [9.17, 15) is 13.6 Å². The van der Waals surface area contributed by atoms with Crippen LogP contribution in [0.1, 0.15) is 27.4 Å². The predicted molar refractivity (Wildman–Crippen MR) is 108 cm³/mol. The first-order chi connectivity index (χ1) is 14.4. The molecule has 3 heterocycles. The number of aromatic nitrogens is 3. The summed E-state index contributed by atoms with van der Waals surface area (Å²) in [4.78, 5) is 21.6. The lowest BCUT2D eigenvalue weighted by Crippen LogP contribution is -2.48. The van der Waals surface area contributed by atoms with E-state index in [0.29, 0.717) is 30.0 Å². The van der Waals surface area contributed by atoms with Crippen molar-refractivity contribution >= 4 is 5.91 Å². The van der Waals surface area contributed by atoms with Gasteiger partial charge in [0, 0.05) is 45.0 Å². The summed E-state index contributed by atoms with van der Waals surface area (Å²) in [5.41, 5.74) is 2.66. The molecule has 0 saturated carbocycles. The van der Waals surface area contributed by atoms with Crippen LogP contribution in [0.3, 0.4) is 0 Å². The summed E-state index contributed by atoms with van der Waals surface area (Å²) in [6.45, 7) is 6.91. The van der Waals surface area contributed by atoms with Crippen LogP contribution < -0.4 is 0 Å². The molecule has 1 fully saturated rings. The van der Waals surface area contributed by atoms with Crippen molar-refractivity contribution in [3.63, 3.8) is 0 Å². The second-order valence-corrected chi connectivity index (χ2v) is 7.44. The zero-order valence-corrected chi connectivity index (χ0v) is 17.0.